The van der Waals surface area contributed by atoms with Gasteiger partial charge < -0.3 is 14.7 Å². The van der Waals surface area contributed by atoms with Crippen LogP contribution in [0.1, 0.15) is 32.6 Å². The molecule has 2 saturated heterocycles. The largest absolute Gasteiger partial charge is 0.465 e. The maximum Gasteiger partial charge on any atom is 0.309 e. The molecule has 3 unspecified atom stereocenters. The van der Waals surface area contributed by atoms with Gasteiger partial charge in [0.25, 0.3) is 0 Å². The zero-order chi connectivity index (χ0) is 12.3. The van der Waals surface area contributed by atoms with Crippen molar-refractivity contribution in [1.29, 1.82) is 0 Å². The maximum absolute atomic E-state index is 11.3. The number of aliphatic hydroxyl groups excluding tert-OH is 1. The molecule has 0 aromatic carbocycles. The average Bonchev–Trinajstić information content (AvgIpc) is 2.72. The molecule has 2 aliphatic rings. The lowest BCUT2D eigenvalue weighted by Gasteiger charge is -2.34. The number of carbonyl (C=O) groups excluding carboxylic acids is 1. The molecule has 2 fully saturated rings. The van der Waals surface area contributed by atoms with Crippen LogP contribution in [0, 0.1) is 11.8 Å². The number of ether oxygens (including phenoxy) is 1. The van der Waals surface area contributed by atoms with Gasteiger partial charge in [-0.05, 0) is 51.6 Å². The van der Waals surface area contributed by atoms with E-state index in [1.165, 1.54) is 0 Å². The second-order valence-electron chi connectivity index (χ2n) is 5.39. The van der Waals surface area contributed by atoms with E-state index in [-0.39, 0.29) is 18.0 Å². The molecule has 0 aromatic rings. The van der Waals surface area contributed by atoms with Crippen molar-refractivity contribution in [1.82, 2.24) is 4.90 Å². The number of likely N-dealkylation sites (tertiary alicyclic amines) is 1. The van der Waals surface area contributed by atoms with E-state index in [4.69, 9.17) is 4.74 Å². The lowest BCUT2D eigenvalue weighted by molar-refractivity contribution is -0.141. The van der Waals surface area contributed by atoms with Gasteiger partial charge in [0.15, 0.2) is 0 Å². The summed E-state index contributed by atoms with van der Waals surface area (Å²) in [6.07, 6.45) is 3.86. The minimum absolute atomic E-state index is 0.0194. The summed E-state index contributed by atoms with van der Waals surface area (Å²) in [6, 6.07) is 0. The monoisotopic (exact) mass is 241 g/mol. The van der Waals surface area contributed by atoms with Crippen molar-refractivity contribution in [3.63, 3.8) is 0 Å². The van der Waals surface area contributed by atoms with E-state index in [1.807, 2.05) is 6.92 Å². The fourth-order valence-corrected chi connectivity index (χ4v) is 2.83. The predicted octanol–water partition coefficient (Wildman–Crippen LogP) is 1.03. The predicted molar refractivity (Wildman–Crippen MR) is 64.5 cm³/mol. The third-order valence-electron chi connectivity index (χ3n) is 4.06. The van der Waals surface area contributed by atoms with Crippen molar-refractivity contribution in [3.05, 3.63) is 0 Å². The molecule has 0 spiro atoms. The highest BCUT2D eigenvalue weighted by atomic mass is 16.5. The first-order valence-electron chi connectivity index (χ1n) is 6.74. The smallest absolute Gasteiger partial charge is 0.309 e. The summed E-state index contributed by atoms with van der Waals surface area (Å²) >= 11 is 0. The first-order chi connectivity index (χ1) is 8.16. The van der Waals surface area contributed by atoms with Gasteiger partial charge in [0, 0.05) is 6.54 Å². The Morgan fingerprint density at radius 1 is 1.53 bits per heavy atom. The van der Waals surface area contributed by atoms with Gasteiger partial charge in [0.2, 0.25) is 0 Å². The summed E-state index contributed by atoms with van der Waals surface area (Å²) in [4.78, 5) is 13.7. The third kappa shape index (κ3) is 3.42. The number of piperidine rings is 1. The van der Waals surface area contributed by atoms with Crippen LogP contribution >= 0.6 is 0 Å². The summed E-state index contributed by atoms with van der Waals surface area (Å²) in [6.45, 7) is 5.51. The summed E-state index contributed by atoms with van der Waals surface area (Å²) < 4.78 is 4.97. The second kappa shape index (κ2) is 5.83. The summed E-state index contributed by atoms with van der Waals surface area (Å²) in [5.74, 6) is 0.496. The first kappa shape index (κ1) is 12.8. The molecule has 0 bridgehead atoms. The van der Waals surface area contributed by atoms with Gasteiger partial charge in [-0.25, -0.2) is 0 Å². The van der Waals surface area contributed by atoms with Crippen LogP contribution in [0.2, 0.25) is 0 Å². The summed E-state index contributed by atoms with van der Waals surface area (Å²) in [7, 11) is 0. The molecule has 17 heavy (non-hydrogen) atoms. The van der Waals surface area contributed by atoms with E-state index in [1.54, 1.807) is 0 Å². The standard InChI is InChI=1S/C13H23NO3/c1-10(15)12-3-2-6-14(9-12)7-4-11-5-8-17-13(11)16/h10-12,15H,2-9H2,1H3. The zero-order valence-corrected chi connectivity index (χ0v) is 10.6. The van der Waals surface area contributed by atoms with Crippen LogP contribution in [0.5, 0.6) is 0 Å². The van der Waals surface area contributed by atoms with Crippen molar-refractivity contribution < 1.29 is 14.6 Å². The Labute approximate surface area is 103 Å². The number of esters is 1. The van der Waals surface area contributed by atoms with Crippen molar-refractivity contribution in [3.8, 4) is 0 Å². The van der Waals surface area contributed by atoms with Gasteiger partial charge in [-0.15, -0.1) is 0 Å². The van der Waals surface area contributed by atoms with E-state index in [0.29, 0.717) is 12.5 Å². The number of nitrogens with zero attached hydrogens (tertiary/aromatic N) is 1. The van der Waals surface area contributed by atoms with Crippen LogP contribution in [0.3, 0.4) is 0 Å². The molecule has 4 nitrogen and oxygen atoms in total. The molecule has 0 amide bonds. The highest BCUT2D eigenvalue weighted by molar-refractivity contribution is 5.74. The van der Waals surface area contributed by atoms with Gasteiger partial charge in [-0.1, -0.05) is 0 Å². The van der Waals surface area contributed by atoms with Crippen LogP contribution in [-0.4, -0.2) is 48.3 Å². The Hall–Kier alpha value is -0.610. The average molecular weight is 241 g/mol. The van der Waals surface area contributed by atoms with Gasteiger partial charge in [0.1, 0.15) is 0 Å². The number of cyclic esters (lactones) is 1. The van der Waals surface area contributed by atoms with Gasteiger partial charge >= 0.3 is 5.97 Å². The molecule has 0 radical (unpaired) electrons. The third-order valence-corrected chi connectivity index (χ3v) is 4.06. The lowest BCUT2D eigenvalue weighted by Crippen LogP contribution is -2.40. The van der Waals surface area contributed by atoms with Crippen LogP contribution in [-0.2, 0) is 9.53 Å². The molecule has 3 atom stereocenters. The molecular weight excluding hydrogens is 218 g/mol. The molecule has 0 saturated carbocycles. The van der Waals surface area contributed by atoms with E-state index in [9.17, 15) is 9.90 Å². The Morgan fingerprint density at radius 3 is 3.00 bits per heavy atom. The topological polar surface area (TPSA) is 49.8 Å². The molecule has 2 rings (SSSR count). The van der Waals surface area contributed by atoms with Crippen LogP contribution in [0.4, 0.5) is 0 Å². The highest BCUT2D eigenvalue weighted by Gasteiger charge is 2.28. The fourth-order valence-electron chi connectivity index (χ4n) is 2.83. The molecule has 4 heteroatoms. The van der Waals surface area contributed by atoms with Crippen LogP contribution in [0.25, 0.3) is 0 Å². The van der Waals surface area contributed by atoms with Crippen molar-refractivity contribution >= 4 is 5.97 Å². The van der Waals surface area contributed by atoms with E-state index >= 15 is 0 Å². The number of aliphatic hydroxyl groups is 1. The molecule has 2 heterocycles. The Balaban J connectivity index is 1.73. The first-order valence-corrected chi connectivity index (χ1v) is 6.74. The number of rotatable bonds is 4. The van der Waals surface area contributed by atoms with Crippen LogP contribution in [0.15, 0.2) is 0 Å². The normalized spacial score (nSPS) is 32.5. The molecule has 1 N–H and O–H groups in total. The molecule has 98 valence electrons. The molecule has 0 aliphatic carbocycles. The molecule has 2 aliphatic heterocycles. The summed E-state index contributed by atoms with van der Waals surface area (Å²) in [5.41, 5.74) is 0. The Morgan fingerprint density at radius 2 is 2.35 bits per heavy atom. The SMILES string of the molecule is CC(O)C1CCCN(CCC2CCOC2=O)C1. The zero-order valence-electron chi connectivity index (χ0n) is 10.6. The fraction of sp³-hybridized carbons (Fsp3) is 0.923. The van der Waals surface area contributed by atoms with Gasteiger partial charge in [-0.3, -0.25) is 4.79 Å². The van der Waals surface area contributed by atoms with Crippen molar-refractivity contribution in [2.24, 2.45) is 11.8 Å². The van der Waals surface area contributed by atoms with Crippen molar-refractivity contribution in [2.45, 2.75) is 38.7 Å². The quantitative estimate of drug-likeness (QED) is 0.747. The molecule has 0 aromatic heterocycles. The Bertz CT molecular complexity index is 267. The highest BCUT2D eigenvalue weighted by Crippen LogP contribution is 2.22. The van der Waals surface area contributed by atoms with Gasteiger partial charge in [-0.2, -0.15) is 0 Å². The van der Waals surface area contributed by atoms with E-state index in [2.05, 4.69) is 4.90 Å². The van der Waals surface area contributed by atoms with E-state index in [0.717, 1.165) is 45.3 Å². The molecular formula is C13H23NO3. The number of carbonyl (C=O) groups is 1. The number of hydrogen-bond donors (Lipinski definition) is 1. The summed E-state index contributed by atoms with van der Waals surface area (Å²) in [5, 5.41) is 9.62. The van der Waals surface area contributed by atoms with Gasteiger partial charge in [0.05, 0.1) is 18.6 Å². The minimum Gasteiger partial charge on any atom is -0.465 e. The lowest BCUT2D eigenvalue weighted by atomic mass is 9.93. The van der Waals surface area contributed by atoms with Crippen LogP contribution < -0.4 is 0 Å². The second-order valence-corrected chi connectivity index (χ2v) is 5.39. The Kier molecular flexibility index (Phi) is 4.40. The number of hydrogen-bond acceptors (Lipinski definition) is 4. The minimum atomic E-state index is -0.214. The maximum atomic E-state index is 11.3. The van der Waals surface area contributed by atoms with Crippen molar-refractivity contribution in [2.75, 3.05) is 26.2 Å². The van der Waals surface area contributed by atoms with E-state index < -0.39 is 0 Å².